The van der Waals surface area contributed by atoms with E-state index in [0.29, 0.717) is 5.91 Å². The molecule has 1 N–H and O–H groups in total. The van der Waals surface area contributed by atoms with Gasteiger partial charge in [0.2, 0.25) is 5.91 Å². The van der Waals surface area contributed by atoms with Crippen molar-refractivity contribution in [1.82, 2.24) is 15.1 Å². The van der Waals surface area contributed by atoms with Crippen LogP contribution in [0, 0.1) is 11.8 Å². The first-order valence-electron chi connectivity index (χ1n) is 10.4. The molecule has 4 nitrogen and oxygen atoms in total. The molecule has 1 amide bonds. The van der Waals surface area contributed by atoms with Crippen LogP contribution in [0.4, 0.5) is 0 Å². The van der Waals surface area contributed by atoms with E-state index in [1.807, 2.05) is 0 Å². The molecule has 0 unspecified atom stereocenters. The highest BCUT2D eigenvalue weighted by molar-refractivity contribution is 5.85. The van der Waals surface area contributed by atoms with Gasteiger partial charge in [-0.05, 0) is 69.6 Å². The summed E-state index contributed by atoms with van der Waals surface area (Å²) in [6, 6.07) is 10.7. The zero-order valence-corrected chi connectivity index (χ0v) is 18.8. The fourth-order valence-electron chi connectivity index (χ4n) is 4.42. The van der Waals surface area contributed by atoms with Gasteiger partial charge in [0.25, 0.3) is 0 Å². The fourth-order valence-corrected chi connectivity index (χ4v) is 4.42. The highest BCUT2D eigenvalue weighted by atomic mass is 35.5. The van der Waals surface area contributed by atoms with Gasteiger partial charge in [0.05, 0.1) is 0 Å². The summed E-state index contributed by atoms with van der Waals surface area (Å²) in [7, 11) is 2.21. The maximum atomic E-state index is 12.5. The minimum Gasteiger partial charge on any atom is -0.343 e. The number of halogens is 2. The summed E-state index contributed by atoms with van der Waals surface area (Å²) in [5.74, 6) is 1.86. The molecule has 160 valence electrons. The maximum absolute atomic E-state index is 12.5. The number of carbonyl (C=O) groups excluding carboxylic acids is 1. The van der Waals surface area contributed by atoms with E-state index in [1.165, 1.54) is 18.4 Å². The van der Waals surface area contributed by atoms with Crippen molar-refractivity contribution < 1.29 is 4.79 Å². The zero-order valence-electron chi connectivity index (χ0n) is 17.1. The quantitative estimate of drug-likeness (QED) is 0.711. The predicted octanol–water partition coefficient (Wildman–Crippen LogP) is 3.98. The Bertz CT molecular complexity index is 544. The van der Waals surface area contributed by atoms with Crippen LogP contribution in [-0.2, 0) is 11.3 Å². The summed E-state index contributed by atoms with van der Waals surface area (Å²) in [6.45, 7) is 6.30. The second-order valence-corrected chi connectivity index (χ2v) is 8.24. The van der Waals surface area contributed by atoms with Gasteiger partial charge in [-0.1, -0.05) is 30.3 Å². The van der Waals surface area contributed by atoms with Gasteiger partial charge >= 0.3 is 0 Å². The smallest absolute Gasteiger partial charge is 0.222 e. The minimum atomic E-state index is 0. The van der Waals surface area contributed by atoms with Crippen LogP contribution >= 0.6 is 24.8 Å². The van der Waals surface area contributed by atoms with Gasteiger partial charge in [0, 0.05) is 32.6 Å². The van der Waals surface area contributed by atoms with E-state index in [0.717, 1.165) is 76.8 Å². The van der Waals surface area contributed by atoms with Gasteiger partial charge in [-0.25, -0.2) is 0 Å². The van der Waals surface area contributed by atoms with Crippen molar-refractivity contribution >= 4 is 30.7 Å². The van der Waals surface area contributed by atoms with Crippen LogP contribution in [0.15, 0.2) is 30.3 Å². The van der Waals surface area contributed by atoms with Crippen LogP contribution in [-0.4, -0.2) is 55.5 Å². The monoisotopic (exact) mass is 429 g/mol. The van der Waals surface area contributed by atoms with E-state index in [2.05, 4.69) is 52.5 Å². The van der Waals surface area contributed by atoms with Crippen LogP contribution < -0.4 is 5.32 Å². The summed E-state index contributed by atoms with van der Waals surface area (Å²) < 4.78 is 0. The molecular formula is C22H37Cl2N3O. The lowest BCUT2D eigenvalue weighted by Gasteiger charge is -2.34. The summed E-state index contributed by atoms with van der Waals surface area (Å²) in [4.78, 5) is 17.1. The molecule has 0 saturated carbocycles. The van der Waals surface area contributed by atoms with Gasteiger partial charge in [0.1, 0.15) is 0 Å². The van der Waals surface area contributed by atoms with Gasteiger partial charge in [0.15, 0.2) is 0 Å². The Balaban J connectivity index is 0.00000196. The first kappa shape index (κ1) is 25.2. The van der Waals surface area contributed by atoms with E-state index in [9.17, 15) is 4.79 Å². The second kappa shape index (κ2) is 13.4. The van der Waals surface area contributed by atoms with Gasteiger partial charge in [-0.2, -0.15) is 0 Å². The Labute approximate surface area is 183 Å². The van der Waals surface area contributed by atoms with E-state index in [-0.39, 0.29) is 24.8 Å². The normalized spacial score (nSPS) is 18.4. The number of amides is 1. The van der Waals surface area contributed by atoms with Gasteiger partial charge in [-0.3, -0.25) is 4.79 Å². The van der Waals surface area contributed by atoms with Gasteiger partial charge < -0.3 is 15.1 Å². The number of likely N-dealkylation sites (tertiary alicyclic amines) is 1. The van der Waals surface area contributed by atoms with Crippen molar-refractivity contribution in [2.45, 2.75) is 45.1 Å². The van der Waals surface area contributed by atoms with Crippen molar-refractivity contribution in [2.24, 2.45) is 11.8 Å². The predicted molar refractivity (Wildman–Crippen MR) is 121 cm³/mol. The summed E-state index contributed by atoms with van der Waals surface area (Å²) in [6.07, 6.45) is 6.62. The maximum Gasteiger partial charge on any atom is 0.222 e. The molecule has 2 heterocycles. The number of piperidine rings is 2. The Morgan fingerprint density at radius 1 is 1.04 bits per heavy atom. The molecule has 0 radical (unpaired) electrons. The number of rotatable bonds is 7. The standard InChI is InChI=1S/C22H35N3O.2ClH/c1-24(17-20-5-3-2-4-6-20)18-21-11-15-25(16-12-21)22(26)8-7-19-9-13-23-14-10-19;;/h2-6,19,21,23H,7-18H2,1H3;2*1H. The van der Waals surface area contributed by atoms with E-state index >= 15 is 0 Å². The van der Waals surface area contributed by atoms with Crippen LogP contribution in [0.2, 0.25) is 0 Å². The third-order valence-electron chi connectivity index (χ3n) is 6.06. The van der Waals surface area contributed by atoms with Crippen molar-refractivity contribution in [3.8, 4) is 0 Å². The number of hydrogen-bond donors (Lipinski definition) is 1. The molecule has 2 fully saturated rings. The average Bonchev–Trinajstić information content (AvgIpc) is 2.68. The lowest BCUT2D eigenvalue weighted by atomic mass is 9.92. The van der Waals surface area contributed by atoms with Crippen LogP contribution in [0.5, 0.6) is 0 Å². The molecule has 2 aliphatic rings. The molecule has 0 bridgehead atoms. The molecule has 1 aromatic carbocycles. The Kier molecular flexibility index (Phi) is 12.1. The van der Waals surface area contributed by atoms with Crippen molar-refractivity contribution in [2.75, 3.05) is 39.8 Å². The van der Waals surface area contributed by atoms with Crippen molar-refractivity contribution in [1.29, 1.82) is 0 Å². The SMILES string of the molecule is CN(Cc1ccccc1)CC1CCN(C(=O)CCC2CCNCC2)CC1.Cl.Cl. The first-order chi connectivity index (χ1) is 12.7. The number of hydrogen-bond acceptors (Lipinski definition) is 3. The van der Waals surface area contributed by atoms with Gasteiger partial charge in [-0.15, -0.1) is 24.8 Å². The largest absolute Gasteiger partial charge is 0.343 e. The number of nitrogens with zero attached hydrogens (tertiary/aromatic N) is 2. The molecule has 0 spiro atoms. The van der Waals surface area contributed by atoms with Crippen molar-refractivity contribution in [3.63, 3.8) is 0 Å². The minimum absolute atomic E-state index is 0. The van der Waals surface area contributed by atoms with E-state index < -0.39 is 0 Å². The Morgan fingerprint density at radius 3 is 2.32 bits per heavy atom. The van der Waals surface area contributed by atoms with Crippen LogP contribution in [0.25, 0.3) is 0 Å². The van der Waals surface area contributed by atoms with Crippen molar-refractivity contribution in [3.05, 3.63) is 35.9 Å². The molecule has 2 aliphatic heterocycles. The molecule has 6 heteroatoms. The number of nitrogens with one attached hydrogen (secondary N) is 1. The molecule has 0 atom stereocenters. The third kappa shape index (κ3) is 8.28. The first-order valence-corrected chi connectivity index (χ1v) is 10.4. The number of benzene rings is 1. The highest BCUT2D eigenvalue weighted by Gasteiger charge is 2.24. The highest BCUT2D eigenvalue weighted by Crippen LogP contribution is 2.22. The van der Waals surface area contributed by atoms with E-state index in [4.69, 9.17) is 0 Å². The Morgan fingerprint density at radius 2 is 1.68 bits per heavy atom. The molecule has 0 aromatic heterocycles. The van der Waals surface area contributed by atoms with E-state index in [1.54, 1.807) is 0 Å². The lowest BCUT2D eigenvalue weighted by Crippen LogP contribution is -2.41. The summed E-state index contributed by atoms with van der Waals surface area (Å²) in [5, 5.41) is 3.40. The molecule has 2 saturated heterocycles. The average molecular weight is 430 g/mol. The number of carbonyl (C=O) groups is 1. The second-order valence-electron chi connectivity index (χ2n) is 8.24. The lowest BCUT2D eigenvalue weighted by molar-refractivity contribution is -0.133. The summed E-state index contributed by atoms with van der Waals surface area (Å²) >= 11 is 0. The topological polar surface area (TPSA) is 35.6 Å². The van der Waals surface area contributed by atoms with Crippen LogP contribution in [0.3, 0.4) is 0 Å². The fraction of sp³-hybridized carbons (Fsp3) is 0.682. The molecular weight excluding hydrogens is 393 g/mol. The molecule has 1 aromatic rings. The Hall–Kier alpha value is -0.810. The van der Waals surface area contributed by atoms with Crippen LogP contribution in [0.1, 0.15) is 44.1 Å². The molecule has 3 rings (SSSR count). The summed E-state index contributed by atoms with van der Waals surface area (Å²) in [5.41, 5.74) is 1.38. The zero-order chi connectivity index (χ0) is 18.2. The molecule has 0 aliphatic carbocycles. The third-order valence-corrected chi connectivity index (χ3v) is 6.06. The molecule has 28 heavy (non-hydrogen) atoms.